The number of hydrogen-bond donors (Lipinski definition) is 2. The van der Waals surface area contributed by atoms with Gasteiger partial charge in [-0.3, -0.25) is 5.43 Å². The normalized spacial score (nSPS) is 11.9. The molecule has 0 bridgehead atoms. The standard InChI is InChI=1S/C12H9BrF3N3O2S/c1-6-5-22-11(18-6)19-17-4-7-2-8(13)3-9(10(7)20)21-12(14,15)16/h2-5,20H,1H3,(H,18,19). The Hall–Kier alpha value is -1.81. The average molecular weight is 396 g/mol. The number of aromatic hydroxyl groups is 1. The molecule has 2 aromatic rings. The fraction of sp³-hybridized carbons (Fsp3) is 0.167. The Kier molecular flexibility index (Phi) is 4.91. The Morgan fingerprint density at radius 1 is 1.45 bits per heavy atom. The van der Waals surface area contributed by atoms with Gasteiger partial charge in [-0.25, -0.2) is 4.98 Å². The Balaban J connectivity index is 2.19. The minimum Gasteiger partial charge on any atom is -0.504 e. The molecule has 1 heterocycles. The number of halogens is 4. The van der Waals surface area contributed by atoms with Crippen molar-refractivity contribution in [3.05, 3.63) is 33.2 Å². The fourth-order valence-electron chi connectivity index (χ4n) is 1.46. The number of hydrazone groups is 1. The maximum Gasteiger partial charge on any atom is 0.573 e. The summed E-state index contributed by atoms with van der Waals surface area (Å²) in [7, 11) is 0. The summed E-state index contributed by atoms with van der Waals surface area (Å²) < 4.78 is 40.8. The van der Waals surface area contributed by atoms with Gasteiger partial charge in [-0.2, -0.15) is 5.10 Å². The molecule has 118 valence electrons. The molecule has 2 N–H and O–H groups in total. The number of hydrogen-bond acceptors (Lipinski definition) is 6. The van der Waals surface area contributed by atoms with Gasteiger partial charge in [-0.15, -0.1) is 24.5 Å². The highest BCUT2D eigenvalue weighted by Gasteiger charge is 2.32. The zero-order valence-electron chi connectivity index (χ0n) is 11.0. The van der Waals surface area contributed by atoms with E-state index in [-0.39, 0.29) is 5.56 Å². The number of alkyl halides is 3. The Morgan fingerprint density at radius 2 is 2.18 bits per heavy atom. The van der Waals surface area contributed by atoms with Gasteiger partial charge in [-0.05, 0) is 19.1 Å². The van der Waals surface area contributed by atoms with Crippen LogP contribution in [-0.2, 0) is 0 Å². The smallest absolute Gasteiger partial charge is 0.504 e. The molecular weight excluding hydrogens is 387 g/mol. The third-order valence-corrected chi connectivity index (χ3v) is 3.60. The first kappa shape index (κ1) is 16.6. The van der Waals surface area contributed by atoms with Gasteiger partial charge in [0.1, 0.15) is 0 Å². The number of benzene rings is 1. The van der Waals surface area contributed by atoms with Crippen LogP contribution >= 0.6 is 27.3 Å². The second-order valence-corrected chi connectivity index (χ2v) is 5.83. The van der Waals surface area contributed by atoms with E-state index in [1.54, 1.807) is 0 Å². The third-order valence-electron chi connectivity index (χ3n) is 2.28. The zero-order chi connectivity index (χ0) is 16.3. The van der Waals surface area contributed by atoms with Crippen LogP contribution < -0.4 is 10.2 Å². The third kappa shape index (κ3) is 4.60. The molecule has 0 atom stereocenters. The van der Waals surface area contributed by atoms with Crippen LogP contribution in [0.3, 0.4) is 0 Å². The Labute approximate surface area is 135 Å². The highest BCUT2D eigenvalue weighted by molar-refractivity contribution is 9.10. The number of phenols is 1. The number of aryl methyl sites for hydroxylation is 1. The summed E-state index contributed by atoms with van der Waals surface area (Å²) in [6, 6.07) is 2.41. The average Bonchev–Trinajstić information content (AvgIpc) is 2.79. The summed E-state index contributed by atoms with van der Waals surface area (Å²) in [5, 5.41) is 16.0. The van der Waals surface area contributed by atoms with Gasteiger partial charge in [0, 0.05) is 15.4 Å². The van der Waals surface area contributed by atoms with Gasteiger partial charge >= 0.3 is 6.36 Å². The van der Waals surface area contributed by atoms with E-state index in [1.165, 1.54) is 23.6 Å². The highest BCUT2D eigenvalue weighted by atomic mass is 79.9. The van der Waals surface area contributed by atoms with E-state index in [1.807, 2.05) is 12.3 Å². The number of nitrogens with zero attached hydrogens (tertiary/aromatic N) is 2. The maximum atomic E-state index is 12.3. The Morgan fingerprint density at radius 3 is 2.77 bits per heavy atom. The number of rotatable bonds is 4. The molecule has 0 aliphatic carbocycles. The highest BCUT2D eigenvalue weighted by Crippen LogP contribution is 2.36. The molecule has 0 aliphatic rings. The van der Waals surface area contributed by atoms with Gasteiger partial charge in [-0.1, -0.05) is 15.9 Å². The first-order valence-electron chi connectivity index (χ1n) is 5.74. The molecule has 0 saturated heterocycles. The minimum absolute atomic E-state index is 0.0504. The van der Waals surface area contributed by atoms with Crippen LogP contribution in [0, 0.1) is 6.92 Å². The van der Waals surface area contributed by atoms with Crippen molar-refractivity contribution in [1.82, 2.24) is 4.98 Å². The summed E-state index contributed by atoms with van der Waals surface area (Å²) >= 11 is 4.37. The molecule has 0 radical (unpaired) electrons. The van der Waals surface area contributed by atoms with Gasteiger partial charge in [0.15, 0.2) is 11.5 Å². The van der Waals surface area contributed by atoms with Crippen molar-refractivity contribution in [1.29, 1.82) is 0 Å². The van der Waals surface area contributed by atoms with Crippen LogP contribution in [0.5, 0.6) is 11.5 Å². The van der Waals surface area contributed by atoms with Crippen molar-refractivity contribution >= 4 is 38.6 Å². The lowest BCUT2D eigenvalue weighted by molar-refractivity contribution is -0.275. The molecular formula is C12H9BrF3N3O2S. The molecule has 0 spiro atoms. The fourth-order valence-corrected chi connectivity index (χ4v) is 2.55. The summed E-state index contributed by atoms with van der Waals surface area (Å²) in [6.45, 7) is 1.81. The van der Waals surface area contributed by atoms with Crippen LogP contribution in [0.15, 0.2) is 27.1 Å². The molecule has 10 heteroatoms. The topological polar surface area (TPSA) is 66.7 Å². The van der Waals surface area contributed by atoms with Crippen LogP contribution in [0.25, 0.3) is 0 Å². The van der Waals surface area contributed by atoms with Crippen LogP contribution in [0.1, 0.15) is 11.3 Å². The summed E-state index contributed by atoms with van der Waals surface area (Å²) in [5.41, 5.74) is 3.48. The summed E-state index contributed by atoms with van der Waals surface area (Å²) in [4.78, 5) is 4.10. The van der Waals surface area contributed by atoms with Gasteiger partial charge in [0.05, 0.1) is 11.9 Å². The van der Waals surface area contributed by atoms with Crippen LogP contribution in [0.2, 0.25) is 0 Å². The lowest BCUT2D eigenvalue weighted by Gasteiger charge is -2.12. The van der Waals surface area contributed by atoms with Crippen LogP contribution in [-0.4, -0.2) is 22.7 Å². The predicted octanol–water partition coefficient (Wildman–Crippen LogP) is 4.26. The van der Waals surface area contributed by atoms with Crippen molar-refractivity contribution in [3.63, 3.8) is 0 Å². The van der Waals surface area contributed by atoms with E-state index in [2.05, 4.69) is 36.2 Å². The molecule has 0 unspecified atom stereocenters. The van der Waals surface area contributed by atoms with Gasteiger partial charge in [0.25, 0.3) is 0 Å². The monoisotopic (exact) mass is 395 g/mol. The predicted molar refractivity (Wildman–Crippen MR) is 80.6 cm³/mol. The van der Waals surface area contributed by atoms with Gasteiger partial charge in [0.2, 0.25) is 5.13 Å². The number of anilines is 1. The molecule has 0 saturated carbocycles. The van der Waals surface area contributed by atoms with E-state index in [4.69, 9.17) is 0 Å². The van der Waals surface area contributed by atoms with Crippen molar-refractivity contribution in [2.45, 2.75) is 13.3 Å². The number of nitrogens with one attached hydrogen (secondary N) is 1. The Bertz CT molecular complexity index is 703. The quantitative estimate of drug-likeness (QED) is 0.599. The molecule has 1 aromatic carbocycles. The van der Waals surface area contributed by atoms with E-state index >= 15 is 0 Å². The first-order chi connectivity index (χ1) is 10.2. The second-order valence-electron chi connectivity index (χ2n) is 4.05. The van der Waals surface area contributed by atoms with Crippen molar-refractivity contribution in [2.24, 2.45) is 5.10 Å². The zero-order valence-corrected chi connectivity index (χ0v) is 13.4. The van der Waals surface area contributed by atoms with Crippen molar-refractivity contribution < 1.29 is 23.0 Å². The largest absolute Gasteiger partial charge is 0.573 e. The number of phenolic OH excluding ortho intramolecular Hbond substituents is 1. The molecule has 0 amide bonds. The number of aromatic nitrogens is 1. The first-order valence-corrected chi connectivity index (χ1v) is 7.41. The number of thiazole rings is 1. The van der Waals surface area contributed by atoms with E-state index < -0.39 is 17.9 Å². The molecule has 22 heavy (non-hydrogen) atoms. The van der Waals surface area contributed by atoms with E-state index in [0.29, 0.717) is 9.60 Å². The minimum atomic E-state index is -4.90. The SMILES string of the molecule is Cc1csc(NN=Cc2cc(Br)cc(OC(F)(F)F)c2O)n1. The van der Waals surface area contributed by atoms with Crippen molar-refractivity contribution in [2.75, 3.05) is 5.43 Å². The van der Waals surface area contributed by atoms with Gasteiger partial charge < -0.3 is 9.84 Å². The molecule has 1 aromatic heterocycles. The lowest BCUT2D eigenvalue weighted by atomic mass is 10.2. The molecule has 0 fully saturated rings. The van der Waals surface area contributed by atoms with Crippen molar-refractivity contribution in [3.8, 4) is 11.5 Å². The lowest BCUT2D eigenvalue weighted by Crippen LogP contribution is -2.17. The molecule has 0 aliphatic heterocycles. The number of ether oxygens (including phenoxy) is 1. The second kappa shape index (κ2) is 6.53. The van der Waals surface area contributed by atoms with E-state index in [9.17, 15) is 18.3 Å². The molecule has 2 rings (SSSR count). The van der Waals surface area contributed by atoms with E-state index in [0.717, 1.165) is 11.8 Å². The summed E-state index contributed by atoms with van der Waals surface area (Å²) in [6.07, 6.45) is -3.73. The maximum absolute atomic E-state index is 12.3. The van der Waals surface area contributed by atoms with Crippen LogP contribution in [0.4, 0.5) is 18.3 Å². The molecule has 5 nitrogen and oxygen atoms in total. The summed E-state index contributed by atoms with van der Waals surface area (Å²) in [5.74, 6) is -1.38.